The Morgan fingerprint density at radius 1 is 1.00 bits per heavy atom. The molecule has 2 amide bonds. The quantitative estimate of drug-likeness (QED) is 0.346. The number of nitrogens with zero attached hydrogens (tertiary/aromatic N) is 1. The summed E-state index contributed by atoms with van der Waals surface area (Å²) >= 11 is 0. The summed E-state index contributed by atoms with van der Waals surface area (Å²) < 4.78 is 0. The van der Waals surface area contributed by atoms with Crippen LogP contribution in [0.4, 0.5) is 11.4 Å². The van der Waals surface area contributed by atoms with Gasteiger partial charge in [-0.15, -0.1) is 0 Å². The van der Waals surface area contributed by atoms with Crippen LogP contribution in [0.5, 0.6) is 0 Å². The molecule has 0 saturated carbocycles. The van der Waals surface area contributed by atoms with Crippen LogP contribution in [0.1, 0.15) is 36.2 Å². The summed E-state index contributed by atoms with van der Waals surface area (Å²) in [5.41, 5.74) is 10.5. The van der Waals surface area contributed by atoms with Crippen LogP contribution in [-0.2, 0) is 4.79 Å². The molecular weight excluding hydrogens is 390 g/mol. The number of hydrogen-bond acceptors (Lipinski definition) is 5. The fourth-order valence-corrected chi connectivity index (χ4v) is 3.23. The third-order valence-electron chi connectivity index (χ3n) is 4.77. The lowest BCUT2D eigenvalue weighted by atomic mass is 10.0. The van der Waals surface area contributed by atoms with Crippen LogP contribution in [0, 0.1) is 5.41 Å². The minimum atomic E-state index is -0.289. The van der Waals surface area contributed by atoms with E-state index in [1.807, 2.05) is 31.2 Å². The molecule has 3 aromatic rings. The molecule has 0 saturated heterocycles. The standard InChI is InChI=1S/C24H25N5O2/c1-15(28-16(2)30)13-22(26)18-3-5-19(6-4-18)24(31)29-23-14-20(7-8-21(23)25)17-9-11-27-12-10-17/h3-12,14-15,26H,13,25H2,1-2H3,(H,28,30)(H,29,31)/t15-/m0/s1. The summed E-state index contributed by atoms with van der Waals surface area (Å²) in [6.45, 7) is 3.30. The van der Waals surface area contributed by atoms with E-state index in [-0.39, 0.29) is 17.9 Å². The monoisotopic (exact) mass is 415 g/mol. The van der Waals surface area contributed by atoms with E-state index in [9.17, 15) is 9.59 Å². The van der Waals surface area contributed by atoms with Crippen molar-refractivity contribution >= 4 is 28.9 Å². The van der Waals surface area contributed by atoms with Crippen molar-refractivity contribution in [3.05, 3.63) is 78.1 Å². The van der Waals surface area contributed by atoms with E-state index in [4.69, 9.17) is 11.1 Å². The highest BCUT2D eigenvalue weighted by Gasteiger charge is 2.12. The maximum atomic E-state index is 12.7. The summed E-state index contributed by atoms with van der Waals surface area (Å²) in [6.07, 6.45) is 3.82. The molecule has 0 unspecified atom stereocenters. The van der Waals surface area contributed by atoms with Crippen molar-refractivity contribution < 1.29 is 9.59 Å². The molecular formula is C24H25N5O2. The first-order chi connectivity index (χ1) is 14.8. The molecule has 0 aliphatic rings. The van der Waals surface area contributed by atoms with Gasteiger partial charge in [-0.2, -0.15) is 0 Å². The molecule has 0 spiro atoms. The second-order valence-electron chi connectivity index (χ2n) is 7.35. The van der Waals surface area contributed by atoms with Gasteiger partial charge in [-0.3, -0.25) is 14.6 Å². The number of benzene rings is 2. The van der Waals surface area contributed by atoms with Crippen LogP contribution in [0.15, 0.2) is 67.0 Å². The number of anilines is 2. The van der Waals surface area contributed by atoms with Crippen molar-refractivity contribution in [3.63, 3.8) is 0 Å². The molecule has 0 fully saturated rings. The Morgan fingerprint density at radius 3 is 2.29 bits per heavy atom. The summed E-state index contributed by atoms with van der Waals surface area (Å²) in [4.78, 5) is 27.9. The van der Waals surface area contributed by atoms with E-state index < -0.39 is 0 Å². The van der Waals surface area contributed by atoms with Crippen LogP contribution < -0.4 is 16.4 Å². The summed E-state index contributed by atoms with van der Waals surface area (Å²) in [7, 11) is 0. The Kier molecular flexibility index (Phi) is 6.77. The fourth-order valence-electron chi connectivity index (χ4n) is 3.23. The second-order valence-corrected chi connectivity index (χ2v) is 7.35. The van der Waals surface area contributed by atoms with Gasteiger partial charge in [0, 0.05) is 43.1 Å². The molecule has 0 bridgehead atoms. The van der Waals surface area contributed by atoms with E-state index in [1.165, 1.54) is 6.92 Å². The van der Waals surface area contributed by atoms with E-state index >= 15 is 0 Å². The third kappa shape index (κ3) is 5.76. The summed E-state index contributed by atoms with van der Waals surface area (Å²) in [5.74, 6) is -0.414. The molecule has 0 aliphatic carbocycles. The van der Waals surface area contributed by atoms with E-state index in [1.54, 1.807) is 42.7 Å². The Balaban J connectivity index is 1.70. The predicted octanol–water partition coefficient (Wildman–Crippen LogP) is 3.87. The van der Waals surface area contributed by atoms with Gasteiger partial charge < -0.3 is 21.8 Å². The first-order valence-corrected chi connectivity index (χ1v) is 9.89. The van der Waals surface area contributed by atoms with Crippen LogP contribution >= 0.6 is 0 Å². The molecule has 1 heterocycles. The molecule has 7 heteroatoms. The molecule has 7 nitrogen and oxygen atoms in total. The lowest BCUT2D eigenvalue weighted by Crippen LogP contribution is -2.32. The Morgan fingerprint density at radius 2 is 1.65 bits per heavy atom. The molecule has 1 atom stereocenters. The zero-order chi connectivity index (χ0) is 22.4. The van der Waals surface area contributed by atoms with Crippen molar-refractivity contribution in [3.8, 4) is 11.1 Å². The van der Waals surface area contributed by atoms with Crippen LogP contribution in [-0.4, -0.2) is 28.6 Å². The highest BCUT2D eigenvalue weighted by molar-refractivity contribution is 6.07. The van der Waals surface area contributed by atoms with Gasteiger partial charge in [0.2, 0.25) is 5.91 Å². The molecule has 5 N–H and O–H groups in total. The molecule has 0 radical (unpaired) electrons. The average Bonchev–Trinajstić information content (AvgIpc) is 2.75. The van der Waals surface area contributed by atoms with E-state index in [0.29, 0.717) is 34.6 Å². The SMILES string of the molecule is CC(=O)N[C@@H](C)CC(=N)c1ccc(C(=O)Nc2cc(-c3ccncc3)ccc2N)cc1. The number of nitrogens with two attached hydrogens (primary N) is 1. The van der Waals surface area contributed by atoms with Crippen LogP contribution in [0.2, 0.25) is 0 Å². The number of carbonyl (C=O) groups excluding carboxylic acids is 2. The summed E-state index contributed by atoms with van der Waals surface area (Å²) in [5, 5.41) is 13.8. The third-order valence-corrected chi connectivity index (χ3v) is 4.77. The largest absolute Gasteiger partial charge is 0.397 e. The van der Waals surface area contributed by atoms with Gasteiger partial charge in [-0.05, 0) is 60.0 Å². The molecule has 3 rings (SSSR count). The van der Waals surface area contributed by atoms with Crippen molar-refractivity contribution in [1.82, 2.24) is 10.3 Å². The van der Waals surface area contributed by atoms with Crippen LogP contribution in [0.3, 0.4) is 0 Å². The zero-order valence-electron chi connectivity index (χ0n) is 17.5. The highest BCUT2D eigenvalue weighted by Crippen LogP contribution is 2.27. The maximum Gasteiger partial charge on any atom is 0.255 e. The van der Waals surface area contributed by atoms with Crippen LogP contribution in [0.25, 0.3) is 11.1 Å². The number of nitrogens with one attached hydrogen (secondary N) is 3. The first kappa shape index (κ1) is 21.7. The Labute approximate surface area is 181 Å². The maximum absolute atomic E-state index is 12.7. The lowest BCUT2D eigenvalue weighted by Gasteiger charge is -2.14. The van der Waals surface area contributed by atoms with Gasteiger partial charge in [-0.25, -0.2) is 0 Å². The number of nitrogen functional groups attached to an aromatic ring is 1. The number of rotatable bonds is 7. The molecule has 0 aliphatic heterocycles. The van der Waals surface area contributed by atoms with E-state index in [2.05, 4.69) is 15.6 Å². The van der Waals surface area contributed by atoms with Crippen molar-refractivity contribution in [1.29, 1.82) is 5.41 Å². The molecule has 158 valence electrons. The smallest absolute Gasteiger partial charge is 0.255 e. The number of hydrogen-bond donors (Lipinski definition) is 4. The fraction of sp³-hybridized carbons (Fsp3) is 0.167. The van der Waals surface area contributed by atoms with Gasteiger partial charge in [0.1, 0.15) is 0 Å². The molecule has 31 heavy (non-hydrogen) atoms. The highest BCUT2D eigenvalue weighted by atomic mass is 16.2. The van der Waals surface area contributed by atoms with Gasteiger partial charge >= 0.3 is 0 Å². The Bertz CT molecular complexity index is 1090. The number of pyridine rings is 1. The number of carbonyl (C=O) groups is 2. The second kappa shape index (κ2) is 9.67. The van der Waals surface area contributed by atoms with Gasteiger partial charge in [0.05, 0.1) is 11.4 Å². The average molecular weight is 415 g/mol. The van der Waals surface area contributed by atoms with Crippen molar-refractivity contribution in [2.45, 2.75) is 26.3 Å². The van der Waals surface area contributed by atoms with Gasteiger partial charge in [0.15, 0.2) is 0 Å². The number of aromatic nitrogens is 1. The van der Waals surface area contributed by atoms with E-state index in [0.717, 1.165) is 11.1 Å². The topological polar surface area (TPSA) is 121 Å². The van der Waals surface area contributed by atoms with Crippen molar-refractivity contribution in [2.24, 2.45) is 0 Å². The number of amides is 2. The zero-order valence-corrected chi connectivity index (χ0v) is 17.5. The first-order valence-electron chi connectivity index (χ1n) is 9.89. The van der Waals surface area contributed by atoms with Gasteiger partial charge in [0.25, 0.3) is 5.91 Å². The predicted molar refractivity (Wildman–Crippen MR) is 123 cm³/mol. The molecule has 2 aromatic carbocycles. The summed E-state index contributed by atoms with van der Waals surface area (Å²) in [6, 6.07) is 15.9. The minimum absolute atomic E-state index is 0.125. The van der Waals surface area contributed by atoms with Gasteiger partial charge in [-0.1, -0.05) is 18.2 Å². The minimum Gasteiger partial charge on any atom is -0.397 e. The normalized spacial score (nSPS) is 11.4. The lowest BCUT2D eigenvalue weighted by molar-refractivity contribution is -0.119. The Hall–Kier alpha value is -4.00. The molecule has 1 aromatic heterocycles. The van der Waals surface area contributed by atoms with Crippen molar-refractivity contribution in [2.75, 3.05) is 11.1 Å².